The monoisotopic (exact) mass is 400 g/mol. The molecule has 1 fully saturated rings. The molecule has 1 aliphatic heterocycles. The molecule has 6 nitrogen and oxygen atoms in total. The molecule has 1 aromatic heterocycles. The van der Waals surface area contributed by atoms with Crippen molar-refractivity contribution in [1.29, 1.82) is 0 Å². The van der Waals surface area contributed by atoms with E-state index in [2.05, 4.69) is 4.98 Å². The maximum absolute atomic E-state index is 13.0. The summed E-state index contributed by atoms with van der Waals surface area (Å²) in [5, 5.41) is 20.7. The SMILES string of the molecule is Cc1ccc(C(O)=C2C(=O)C(=O)N(Cc3cccnc3)[C@H]2c2ccc(O)cc2)cc1. The summed E-state index contributed by atoms with van der Waals surface area (Å²) in [6.07, 6.45) is 3.26. The predicted octanol–water partition coefficient (Wildman–Crippen LogP) is 3.72. The number of carbonyl (C=O) groups is 2. The van der Waals surface area contributed by atoms with E-state index >= 15 is 0 Å². The van der Waals surface area contributed by atoms with E-state index < -0.39 is 17.7 Å². The molecule has 150 valence electrons. The van der Waals surface area contributed by atoms with Crippen LogP contribution in [0, 0.1) is 6.92 Å². The van der Waals surface area contributed by atoms with Gasteiger partial charge in [-0.2, -0.15) is 0 Å². The summed E-state index contributed by atoms with van der Waals surface area (Å²) in [6, 6.07) is 16.2. The quantitative estimate of drug-likeness (QED) is 0.396. The summed E-state index contributed by atoms with van der Waals surface area (Å²) in [6.45, 7) is 2.09. The number of pyridine rings is 1. The van der Waals surface area contributed by atoms with Crippen LogP contribution in [0.25, 0.3) is 5.76 Å². The van der Waals surface area contributed by atoms with Gasteiger partial charge in [0.15, 0.2) is 0 Å². The van der Waals surface area contributed by atoms with Crippen LogP contribution in [-0.4, -0.2) is 31.8 Å². The number of hydrogen-bond donors (Lipinski definition) is 2. The number of aliphatic hydroxyl groups excluding tert-OH is 1. The highest BCUT2D eigenvalue weighted by atomic mass is 16.3. The van der Waals surface area contributed by atoms with Gasteiger partial charge >= 0.3 is 0 Å². The lowest BCUT2D eigenvalue weighted by Crippen LogP contribution is -2.29. The molecule has 2 aromatic carbocycles. The van der Waals surface area contributed by atoms with Crippen molar-refractivity contribution in [3.63, 3.8) is 0 Å². The maximum atomic E-state index is 13.0. The second kappa shape index (κ2) is 7.83. The number of Topliss-reactive ketones (excluding diaryl/α,β-unsaturated/α-hetero) is 1. The van der Waals surface area contributed by atoms with Crippen molar-refractivity contribution in [2.45, 2.75) is 19.5 Å². The van der Waals surface area contributed by atoms with Gasteiger partial charge in [-0.05, 0) is 36.2 Å². The van der Waals surface area contributed by atoms with Crippen molar-refractivity contribution in [2.24, 2.45) is 0 Å². The molecule has 0 unspecified atom stereocenters. The molecule has 30 heavy (non-hydrogen) atoms. The fourth-order valence-electron chi connectivity index (χ4n) is 3.60. The number of likely N-dealkylation sites (tertiary alicyclic amines) is 1. The molecule has 1 amide bonds. The van der Waals surface area contributed by atoms with E-state index in [1.165, 1.54) is 17.0 Å². The number of phenolic OH excluding ortho intramolecular Hbond substituents is 1. The molecule has 0 saturated carbocycles. The average molecular weight is 400 g/mol. The minimum Gasteiger partial charge on any atom is -0.508 e. The Balaban J connectivity index is 1.85. The molecule has 0 aliphatic carbocycles. The molecule has 1 saturated heterocycles. The van der Waals surface area contributed by atoms with Crippen molar-refractivity contribution in [3.05, 3.63) is 101 Å². The minimum atomic E-state index is -0.785. The van der Waals surface area contributed by atoms with Crippen molar-refractivity contribution in [1.82, 2.24) is 9.88 Å². The van der Waals surface area contributed by atoms with E-state index in [9.17, 15) is 19.8 Å². The average Bonchev–Trinajstić information content (AvgIpc) is 3.00. The third-order valence-electron chi connectivity index (χ3n) is 5.15. The lowest BCUT2D eigenvalue weighted by atomic mass is 9.95. The van der Waals surface area contributed by atoms with Gasteiger partial charge in [-0.15, -0.1) is 0 Å². The predicted molar refractivity (Wildman–Crippen MR) is 111 cm³/mol. The lowest BCUT2D eigenvalue weighted by Gasteiger charge is -2.25. The first-order valence-electron chi connectivity index (χ1n) is 9.49. The van der Waals surface area contributed by atoms with Gasteiger partial charge in [0.1, 0.15) is 11.5 Å². The first-order chi connectivity index (χ1) is 14.5. The van der Waals surface area contributed by atoms with Crippen LogP contribution in [0.5, 0.6) is 5.75 Å². The van der Waals surface area contributed by atoms with Crippen molar-refractivity contribution in [2.75, 3.05) is 0 Å². The smallest absolute Gasteiger partial charge is 0.295 e. The van der Waals surface area contributed by atoms with Crippen molar-refractivity contribution < 1.29 is 19.8 Å². The number of benzene rings is 2. The number of amides is 1. The van der Waals surface area contributed by atoms with E-state index in [0.29, 0.717) is 11.1 Å². The summed E-state index contributed by atoms with van der Waals surface area (Å²) >= 11 is 0. The molecule has 3 aromatic rings. The van der Waals surface area contributed by atoms with Crippen LogP contribution in [-0.2, 0) is 16.1 Å². The molecular weight excluding hydrogens is 380 g/mol. The lowest BCUT2D eigenvalue weighted by molar-refractivity contribution is -0.140. The van der Waals surface area contributed by atoms with Crippen LogP contribution in [0.1, 0.15) is 28.3 Å². The molecule has 0 spiro atoms. The van der Waals surface area contributed by atoms with Crippen LogP contribution in [0.15, 0.2) is 78.6 Å². The molecule has 2 N–H and O–H groups in total. The fourth-order valence-corrected chi connectivity index (χ4v) is 3.60. The Morgan fingerprint density at radius 3 is 2.37 bits per heavy atom. The van der Waals surface area contributed by atoms with E-state index in [4.69, 9.17) is 0 Å². The number of aliphatic hydroxyl groups is 1. The maximum Gasteiger partial charge on any atom is 0.295 e. The summed E-state index contributed by atoms with van der Waals surface area (Å²) in [4.78, 5) is 31.4. The van der Waals surface area contributed by atoms with Gasteiger partial charge in [0.2, 0.25) is 0 Å². The highest BCUT2D eigenvalue weighted by Crippen LogP contribution is 2.40. The zero-order valence-electron chi connectivity index (χ0n) is 16.3. The summed E-state index contributed by atoms with van der Waals surface area (Å²) < 4.78 is 0. The third-order valence-corrected chi connectivity index (χ3v) is 5.15. The number of phenols is 1. The van der Waals surface area contributed by atoms with Crippen molar-refractivity contribution >= 4 is 17.4 Å². The topological polar surface area (TPSA) is 90.7 Å². The second-order valence-corrected chi connectivity index (χ2v) is 7.25. The number of carbonyl (C=O) groups excluding carboxylic acids is 2. The van der Waals surface area contributed by atoms with Gasteiger partial charge in [-0.25, -0.2) is 0 Å². The van der Waals surface area contributed by atoms with Crippen LogP contribution in [0.4, 0.5) is 0 Å². The minimum absolute atomic E-state index is 0.0263. The molecule has 4 rings (SSSR count). The van der Waals surface area contributed by atoms with Crippen molar-refractivity contribution in [3.8, 4) is 5.75 Å². The second-order valence-electron chi connectivity index (χ2n) is 7.25. The van der Waals surface area contributed by atoms with E-state index in [-0.39, 0.29) is 23.6 Å². The van der Waals surface area contributed by atoms with Gasteiger partial charge < -0.3 is 15.1 Å². The zero-order valence-corrected chi connectivity index (χ0v) is 16.3. The first kappa shape index (κ1) is 19.4. The zero-order chi connectivity index (χ0) is 21.3. The third kappa shape index (κ3) is 3.55. The standard InChI is InChI=1S/C24H20N2O4/c1-15-4-6-18(7-5-15)22(28)20-21(17-8-10-19(27)11-9-17)26(24(30)23(20)29)14-16-3-2-12-25-13-16/h2-13,21,27-28H,14H2,1H3/t21-/m0/s1. The molecular formula is C24H20N2O4. The van der Waals surface area contributed by atoms with Gasteiger partial charge in [0.05, 0.1) is 11.6 Å². The van der Waals surface area contributed by atoms with Crippen LogP contribution in [0.2, 0.25) is 0 Å². The molecule has 2 heterocycles. The summed E-state index contributed by atoms with van der Waals surface area (Å²) in [5.74, 6) is -1.58. The number of ketones is 1. The molecule has 1 atom stereocenters. The number of aromatic hydroxyl groups is 1. The molecule has 6 heteroatoms. The normalized spacial score (nSPS) is 18.0. The van der Waals surface area contributed by atoms with Crippen LogP contribution >= 0.6 is 0 Å². The van der Waals surface area contributed by atoms with Gasteiger partial charge in [-0.3, -0.25) is 14.6 Å². The number of aromatic nitrogens is 1. The van der Waals surface area contributed by atoms with Gasteiger partial charge in [-0.1, -0.05) is 48.0 Å². The number of aryl methyl sites for hydroxylation is 1. The largest absolute Gasteiger partial charge is 0.508 e. The number of hydrogen-bond acceptors (Lipinski definition) is 5. The fraction of sp³-hybridized carbons (Fsp3) is 0.125. The van der Waals surface area contributed by atoms with Gasteiger partial charge in [0, 0.05) is 24.5 Å². The Morgan fingerprint density at radius 2 is 1.73 bits per heavy atom. The van der Waals surface area contributed by atoms with Gasteiger partial charge in [0.25, 0.3) is 11.7 Å². The first-order valence-corrected chi connectivity index (χ1v) is 9.49. The Morgan fingerprint density at radius 1 is 1.03 bits per heavy atom. The van der Waals surface area contributed by atoms with Crippen LogP contribution < -0.4 is 0 Å². The Kier molecular flexibility index (Phi) is 5.06. The van der Waals surface area contributed by atoms with E-state index in [1.807, 2.05) is 25.1 Å². The van der Waals surface area contributed by atoms with E-state index in [1.54, 1.807) is 42.7 Å². The molecule has 0 bridgehead atoms. The van der Waals surface area contributed by atoms with E-state index in [0.717, 1.165) is 11.1 Å². The number of nitrogens with zero attached hydrogens (tertiary/aromatic N) is 2. The highest BCUT2D eigenvalue weighted by Gasteiger charge is 2.46. The Hall–Kier alpha value is -3.93. The summed E-state index contributed by atoms with van der Waals surface area (Å²) in [7, 11) is 0. The Bertz CT molecular complexity index is 1120. The summed E-state index contributed by atoms with van der Waals surface area (Å²) in [5.41, 5.74) is 2.88. The van der Waals surface area contributed by atoms with Crippen LogP contribution in [0.3, 0.4) is 0 Å². The Labute approximate surface area is 173 Å². The molecule has 0 radical (unpaired) electrons. The number of rotatable bonds is 4. The molecule has 1 aliphatic rings. The highest BCUT2D eigenvalue weighted by molar-refractivity contribution is 6.46.